The highest BCUT2D eigenvalue weighted by atomic mass is 35.5. The number of benzene rings is 1. The van der Waals surface area contributed by atoms with Crippen LogP contribution in [0.25, 0.3) is 0 Å². The molecule has 1 heterocycles. The van der Waals surface area contributed by atoms with Crippen LogP contribution in [0.3, 0.4) is 0 Å². The molecule has 0 aromatic heterocycles. The molecule has 0 spiro atoms. The van der Waals surface area contributed by atoms with Crippen LogP contribution in [0.2, 0.25) is 5.02 Å². The van der Waals surface area contributed by atoms with E-state index in [-0.39, 0.29) is 18.1 Å². The molecular formula is C18H27ClN2O2. The van der Waals surface area contributed by atoms with Gasteiger partial charge >= 0.3 is 0 Å². The van der Waals surface area contributed by atoms with Crippen molar-refractivity contribution in [2.24, 2.45) is 5.92 Å². The lowest BCUT2D eigenvalue weighted by Gasteiger charge is -2.34. The van der Waals surface area contributed by atoms with Gasteiger partial charge in [0.2, 0.25) is 5.91 Å². The van der Waals surface area contributed by atoms with Crippen molar-refractivity contribution in [2.45, 2.75) is 38.8 Å². The topological polar surface area (TPSA) is 43.8 Å². The van der Waals surface area contributed by atoms with Crippen LogP contribution >= 0.6 is 11.6 Å². The molecule has 2 atom stereocenters. The summed E-state index contributed by atoms with van der Waals surface area (Å²) in [6, 6.07) is 7.66. The van der Waals surface area contributed by atoms with Gasteiger partial charge in [-0.25, -0.2) is 0 Å². The number of hydrogen-bond donors (Lipinski definition) is 1. The summed E-state index contributed by atoms with van der Waals surface area (Å²) in [6.45, 7) is 6.09. The maximum absolute atomic E-state index is 12.5. The highest BCUT2D eigenvalue weighted by Gasteiger charge is 2.25. The fraction of sp³-hybridized carbons (Fsp3) is 0.611. The number of hydrogen-bond acceptors (Lipinski definition) is 3. The van der Waals surface area contributed by atoms with E-state index in [0.29, 0.717) is 17.5 Å². The van der Waals surface area contributed by atoms with Crippen molar-refractivity contribution in [3.8, 4) is 0 Å². The maximum Gasteiger partial charge on any atom is 0.236 e. The number of aliphatic hydroxyl groups is 1. The summed E-state index contributed by atoms with van der Waals surface area (Å²) in [4.78, 5) is 16.5. The fourth-order valence-electron chi connectivity index (χ4n) is 3.08. The van der Waals surface area contributed by atoms with E-state index in [1.54, 1.807) is 4.90 Å². The zero-order valence-corrected chi connectivity index (χ0v) is 15.0. The molecule has 5 heteroatoms. The van der Waals surface area contributed by atoms with Crippen LogP contribution in [0.1, 0.15) is 38.3 Å². The third-order valence-corrected chi connectivity index (χ3v) is 5.25. The maximum atomic E-state index is 12.5. The average molecular weight is 339 g/mol. The number of likely N-dealkylation sites (N-methyl/N-ethyl adjacent to an activating group) is 1. The van der Waals surface area contributed by atoms with Crippen molar-refractivity contribution in [2.75, 3.05) is 26.7 Å². The molecule has 1 amide bonds. The number of aliphatic hydroxyl groups excluding tert-OH is 1. The second kappa shape index (κ2) is 8.13. The van der Waals surface area contributed by atoms with E-state index in [0.717, 1.165) is 31.5 Å². The van der Waals surface area contributed by atoms with E-state index in [1.807, 2.05) is 45.2 Å². The highest BCUT2D eigenvalue weighted by Crippen LogP contribution is 2.23. The molecular weight excluding hydrogens is 312 g/mol. The van der Waals surface area contributed by atoms with Crippen molar-refractivity contribution in [3.05, 3.63) is 34.9 Å². The standard InChI is InChI=1S/C18H27ClN2O2/c1-13(15-4-6-17(19)7-5-15)20(3)18(23)12-21-10-8-16(9-11-21)14(2)22/h4-7,13-14,16,22H,8-12H2,1-3H3. The van der Waals surface area contributed by atoms with E-state index < -0.39 is 0 Å². The number of likely N-dealkylation sites (tertiary alicyclic amines) is 1. The third kappa shape index (κ3) is 4.93. The lowest BCUT2D eigenvalue weighted by Crippen LogP contribution is -2.44. The fourth-order valence-corrected chi connectivity index (χ4v) is 3.20. The Hall–Kier alpha value is -1.10. The molecule has 4 nitrogen and oxygen atoms in total. The largest absolute Gasteiger partial charge is 0.393 e. The van der Waals surface area contributed by atoms with E-state index in [2.05, 4.69) is 4.90 Å². The van der Waals surface area contributed by atoms with Crippen molar-refractivity contribution < 1.29 is 9.90 Å². The molecule has 0 radical (unpaired) electrons. The Labute approximate surface area is 144 Å². The lowest BCUT2D eigenvalue weighted by molar-refractivity contribution is -0.133. The van der Waals surface area contributed by atoms with Crippen LogP contribution in [0, 0.1) is 5.92 Å². The number of carbonyl (C=O) groups excluding carboxylic acids is 1. The van der Waals surface area contributed by atoms with Gasteiger partial charge in [-0.1, -0.05) is 23.7 Å². The van der Waals surface area contributed by atoms with Crippen LogP contribution in [-0.2, 0) is 4.79 Å². The monoisotopic (exact) mass is 338 g/mol. The van der Waals surface area contributed by atoms with E-state index >= 15 is 0 Å². The number of nitrogens with zero attached hydrogens (tertiary/aromatic N) is 2. The minimum absolute atomic E-state index is 0.0229. The van der Waals surface area contributed by atoms with Crippen molar-refractivity contribution in [1.29, 1.82) is 0 Å². The van der Waals surface area contributed by atoms with Gasteiger partial charge in [0, 0.05) is 12.1 Å². The zero-order chi connectivity index (χ0) is 17.0. The molecule has 1 fully saturated rings. The summed E-state index contributed by atoms with van der Waals surface area (Å²) in [7, 11) is 1.85. The first-order valence-corrected chi connectivity index (χ1v) is 8.68. The summed E-state index contributed by atoms with van der Waals surface area (Å²) >= 11 is 5.92. The Morgan fingerprint density at radius 3 is 2.39 bits per heavy atom. The SMILES string of the molecule is CC(O)C1CCN(CC(=O)N(C)C(C)c2ccc(Cl)cc2)CC1. The zero-order valence-electron chi connectivity index (χ0n) is 14.2. The Morgan fingerprint density at radius 1 is 1.30 bits per heavy atom. The molecule has 0 bridgehead atoms. The Bertz CT molecular complexity index is 510. The quantitative estimate of drug-likeness (QED) is 0.897. The first kappa shape index (κ1) is 18.2. The van der Waals surface area contributed by atoms with Gasteiger partial charge in [-0.05, 0) is 63.4 Å². The number of piperidine rings is 1. The first-order chi connectivity index (χ1) is 10.9. The summed E-state index contributed by atoms with van der Waals surface area (Å²) in [5.41, 5.74) is 1.08. The van der Waals surface area contributed by atoms with Gasteiger partial charge in [-0.2, -0.15) is 0 Å². The van der Waals surface area contributed by atoms with E-state index in [1.165, 1.54) is 0 Å². The van der Waals surface area contributed by atoms with Crippen molar-refractivity contribution in [1.82, 2.24) is 9.80 Å². The van der Waals surface area contributed by atoms with Crippen molar-refractivity contribution in [3.63, 3.8) is 0 Å². The van der Waals surface area contributed by atoms with E-state index in [9.17, 15) is 9.90 Å². The van der Waals surface area contributed by atoms with Gasteiger partial charge in [0.15, 0.2) is 0 Å². The van der Waals surface area contributed by atoms with Crippen LogP contribution in [0.4, 0.5) is 0 Å². The van der Waals surface area contributed by atoms with Gasteiger partial charge in [0.05, 0.1) is 18.7 Å². The minimum atomic E-state index is -0.250. The number of carbonyl (C=O) groups is 1. The molecule has 2 unspecified atom stereocenters. The third-order valence-electron chi connectivity index (χ3n) is 5.00. The van der Waals surface area contributed by atoms with Gasteiger partial charge < -0.3 is 10.0 Å². The number of amides is 1. The Morgan fingerprint density at radius 2 is 1.87 bits per heavy atom. The highest BCUT2D eigenvalue weighted by molar-refractivity contribution is 6.30. The first-order valence-electron chi connectivity index (χ1n) is 8.30. The van der Waals surface area contributed by atoms with Crippen LogP contribution in [-0.4, -0.2) is 53.6 Å². The molecule has 1 aliphatic rings. The number of halogens is 1. The number of rotatable bonds is 5. The van der Waals surface area contributed by atoms with Gasteiger partial charge in [-0.15, -0.1) is 0 Å². The van der Waals surface area contributed by atoms with Crippen molar-refractivity contribution >= 4 is 17.5 Å². The second-order valence-corrected chi connectivity index (χ2v) is 7.02. The Kier molecular flexibility index (Phi) is 6.45. The summed E-state index contributed by atoms with van der Waals surface area (Å²) in [5, 5.41) is 10.4. The van der Waals surface area contributed by atoms with Gasteiger partial charge in [-0.3, -0.25) is 9.69 Å². The predicted molar refractivity (Wildman–Crippen MR) is 93.5 cm³/mol. The molecule has 0 aliphatic carbocycles. The van der Waals surface area contributed by atoms with Crippen LogP contribution in [0.5, 0.6) is 0 Å². The molecule has 1 saturated heterocycles. The smallest absolute Gasteiger partial charge is 0.236 e. The van der Waals surface area contributed by atoms with Crippen LogP contribution in [0.15, 0.2) is 24.3 Å². The average Bonchev–Trinajstić information content (AvgIpc) is 2.54. The minimum Gasteiger partial charge on any atom is -0.393 e. The normalized spacial score (nSPS) is 19.3. The van der Waals surface area contributed by atoms with E-state index in [4.69, 9.17) is 11.6 Å². The molecule has 1 aliphatic heterocycles. The second-order valence-electron chi connectivity index (χ2n) is 6.59. The lowest BCUT2D eigenvalue weighted by atomic mass is 9.92. The van der Waals surface area contributed by atoms with Crippen LogP contribution < -0.4 is 0 Å². The molecule has 2 rings (SSSR count). The van der Waals surface area contributed by atoms with Gasteiger partial charge in [0.25, 0.3) is 0 Å². The summed E-state index contributed by atoms with van der Waals surface area (Å²) in [5.74, 6) is 0.495. The Balaban J connectivity index is 1.86. The summed E-state index contributed by atoms with van der Waals surface area (Å²) in [6.07, 6.45) is 1.67. The molecule has 23 heavy (non-hydrogen) atoms. The molecule has 1 N–H and O–H groups in total. The summed E-state index contributed by atoms with van der Waals surface area (Å²) < 4.78 is 0. The molecule has 0 saturated carbocycles. The predicted octanol–water partition coefficient (Wildman–Crippen LogP) is 2.95. The molecule has 128 valence electrons. The molecule has 1 aromatic rings. The van der Waals surface area contributed by atoms with Gasteiger partial charge in [0.1, 0.15) is 0 Å². The molecule has 1 aromatic carbocycles.